The maximum absolute atomic E-state index is 11.5. The lowest BCUT2D eigenvalue weighted by atomic mass is 10.3. The van der Waals surface area contributed by atoms with E-state index < -0.39 is 4.92 Å². The fraction of sp³-hybridized carbons (Fsp3) is 0.133. The molecule has 1 aromatic carbocycles. The molecule has 1 N–H and O–H groups in total. The Balaban J connectivity index is 1.98. The average Bonchev–Trinajstić information content (AvgIpc) is 2.85. The van der Waals surface area contributed by atoms with Crippen molar-refractivity contribution in [3.8, 4) is 0 Å². The Kier molecular flexibility index (Phi) is 3.71. The van der Waals surface area contributed by atoms with Gasteiger partial charge < -0.3 is 5.32 Å². The number of ketones is 1. The Hall–Kier alpha value is -3.29. The Morgan fingerprint density at radius 2 is 2.04 bits per heavy atom. The van der Waals surface area contributed by atoms with Gasteiger partial charge in [-0.2, -0.15) is 0 Å². The predicted octanol–water partition coefficient (Wildman–Crippen LogP) is 2.67. The van der Waals surface area contributed by atoms with E-state index in [1.54, 1.807) is 35.0 Å². The summed E-state index contributed by atoms with van der Waals surface area (Å²) in [6, 6.07) is 9.55. The van der Waals surface area contributed by atoms with Gasteiger partial charge in [0.1, 0.15) is 11.3 Å². The zero-order valence-electron chi connectivity index (χ0n) is 12.3. The minimum absolute atomic E-state index is 0.00876. The van der Waals surface area contributed by atoms with Gasteiger partial charge >= 0.3 is 0 Å². The van der Waals surface area contributed by atoms with Crippen molar-refractivity contribution in [2.45, 2.75) is 13.5 Å². The second kappa shape index (κ2) is 5.84. The van der Waals surface area contributed by atoms with E-state index in [-0.39, 0.29) is 18.0 Å². The third-order valence-electron chi connectivity index (χ3n) is 3.22. The van der Waals surface area contributed by atoms with Gasteiger partial charge in [-0.15, -0.1) is 0 Å². The second-order valence-electron chi connectivity index (χ2n) is 5.00. The van der Waals surface area contributed by atoms with Crippen molar-refractivity contribution in [1.29, 1.82) is 0 Å². The number of anilines is 2. The fourth-order valence-electron chi connectivity index (χ4n) is 2.22. The molecule has 0 unspecified atom stereocenters. The van der Waals surface area contributed by atoms with Crippen LogP contribution in [0, 0.1) is 10.1 Å². The number of imidazole rings is 1. The summed E-state index contributed by atoms with van der Waals surface area (Å²) in [6.45, 7) is 1.63. The number of rotatable bonds is 5. The molecule has 23 heavy (non-hydrogen) atoms. The third-order valence-corrected chi connectivity index (χ3v) is 3.22. The van der Waals surface area contributed by atoms with E-state index in [2.05, 4.69) is 15.3 Å². The number of pyridine rings is 1. The summed E-state index contributed by atoms with van der Waals surface area (Å²) in [6.07, 6.45) is 1.64. The van der Waals surface area contributed by atoms with Crippen molar-refractivity contribution >= 4 is 34.3 Å². The van der Waals surface area contributed by atoms with Gasteiger partial charge in [0.05, 0.1) is 11.5 Å². The Morgan fingerprint density at radius 3 is 2.70 bits per heavy atom. The van der Waals surface area contributed by atoms with E-state index in [4.69, 9.17) is 0 Å². The first-order valence-corrected chi connectivity index (χ1v) is 6.87. The van der Waals surface area contributed by atoms with Crippen LogP contribution in [0.5, 0.6) is 0 Å². The molecule has 0 bridgehead atoms. The Morgan fingerprint density at radius 1 is 1.30 bits per heavy atom. The van der Waals surface area contributed by atoms with E-state index in [0.29, 0.717) is 22.8 Å². The second-order valence-corrected chi connectivity index (χ2v) is 5.00. The molecule has 116 valence electrons. The molecule has 2 aromatic heterocycles. The lowest BCUT2D eigenvalue weighted by Gasteiger charge is -2.08. The fourth-order valence-corrected chi connectivity index (χ4v) is 2.22. The van der Waals surface area contributed by atoms with Crippen molar-refractivity contribution in [2.75, 3.05) is 5.32 Å². The quantitative estimate of drug-likeness (QED) is 0.574. The minimum Gasteiger partial charge on any atom is -0.326 e. The van der Waals surface area contributed by atoms with Crippen LogP contribution in [0.15, 0.2) is 42.6 Å². The van der Waals surface area contributed by atoms with Gasteiger partial charge in [-0.1, -0.05) is 0 Å². The van der Waals surface area contributed by atoms with Crippen LogP contribution in [0.1, 0.15) is 6.92 Å². The lowest BCUT2D eigenvalue weighted by Crippen LogP contribution is -2.10. The number of hydrogen-bond donors (Lipinski definition) is 1. The molecule has 8 heteroatoms. The smallest absolute Gasteiger partial charge is 0.269 e. The van der Waals surface area contributed by atoms with Gasteiger partial charge in [0.2, 0.25) is 5.95 Å². The first kappa shape index (κ1) is 14.6. The summed E-state index contributed by atoms with van der Waals surface area (Å²) in [7, 11) is 0. The molecule has 0 radical (unpaired) electrons. The number of fused-ring (bicyclic) bond motifs is 1. The largest absolute Gasteiger partial charge is 0.326 e. The van der Waals surface area contributed by atoms with Crippen LogP contribution in [0.3, 0.4) is 0 Å². The monoisotopic (exact) mass is 311 g/mol. The van der Waals surface area contributed by atoms with Gasteiger partial charge in [-0.05, 0) is 31.2 Å². The highest BCUT2D eigenvalue weighted by atomic mass is 16.6. The highest BCUT2D eigenvalue weighted by Crippen LogP contribution is 2.23. The van der Waals surface area contributed by atoms with Crippen LogP contribution in [0.2, 0.25) is 0 Å². The number of nitro groups is 1. The van der Waals surface area contributed by atoms with E-state index in [1.165, 1.54) is 19.1 Å². The Labute approximate surface area is 130 Å². The molecule has 0 fully saturated rings. The van der Waals surface area contributed by atoms with Crippen molar-refractivity contribution in [1.82, 2.24) is 14.5 Å². The van der Waals surface area contributed by atoms with E-state index in [1.807, 2.05) is 0 Å². The van der Waals surface area contributed by atoms with Crippen LogP contribution in [-0.4, -0.2) is 25.2 Å². The number of nitrogens with zero attached hydrogens (tertiary/aromatic N) is 4. The summed E-state index contributed by atoms with van der Waals surface area (Å²) >= 11 is 0. The van der Waals surface area contributed by atoms with Crippen molar-refractivity contribution in [3.05, 3.63) is 52.7 Å². The number of carbonyl (C=O) groups excluding carboxylic acids is 1. The van der Waals surface area contributed by atoms with Crippen molar-refractivity contribution in [2.24, 2.45) is 0 Å². The van der Waals surface area contributed by atoms with Crippen LogP contribution in [0.4, 0.5) is 17.3 Å². The number of benzene rings is 1. The number of aromatic nitrogens is 3. The first-order valence-electron chi connectivity index (χ1n) is 6.87. The average molecular weight is 311 g/mol. The number of nitro benzene ring substituents is 1. The predicted molar refractivity (Wildman–Crippen MR) is 84.6 cm³/mol. The SMILES string of the molecule is CC(=O)Cn1c(Nc2ccc([N+](=O)[O-])cc2)nc2cccnc21. The third kappa shape index (κ3) is 3.00. The summed E-state index contributed by atoms with van der Waals surface area (Å²) in [4.78, 5) is 30.4. The topological polar surface area (TPSA) is 103 Å². The first-order chi connectivity index (χ1) is 11.0. The molecule has 0 saturated heterocycles. The molecule has 0 saturated carbocycles. The number of hydrogen-bond acceptors (Lipinski definition) is 6. The molecule has 0 atom stereocenters. The molecule has 3 aromatic rings. The molecule has 8 nitrogen and oxygen atoms in total. The number of non-ortho nitro benzene ring substituents is 1. The van der Waals surface area contributed by atoms with Crippen LogP contribution in [-0.2, 0) is 11.3 Å². The van der Waals surface area contributed by atoms with Gasteiger partial charge in [-0.3, -0.25) is 19.5 Å². The van der Waals surface area contributed by atoms with Crippen molar-refractivity contribution in [3.63, 3.8) is 0 Å². The van der Waals surface area contributed by atoms with E-state index >= 15 is 0 Å². The van der Waals surface area contributed by atoms with Gasteiger partial charge in [-0.25, -0.2) is 9.97 Å². The molecule has 0 aliphatic rings. The maximum atomic E-state index is 11.5. The number of carbonyl (C=O) groups is 1. The molecular weight excluding hydrogens is 298 g/mol. The lowest BCUT2D eigenvalue weighted by molar-refractivity contribution is -0.384. The van der Waals surface area contributed by atoms with Gasteiger partial charge in [0, 0.05) is 24.0 Å². The number of nitrogens with one attached hydrogen (secondary N) is 1. The summed E-state index contributed by atoms with van der Waals surface area (Å²) in [5.74, 6) is 0.435. The normalized spacial score (nSPS) is 10.7. The van der Waals surface area contributed by atoms with Crippen LogP contribution >= 0.6 is 0 Å². The minimum atomic E-state index is -0.460. The molecule has 0 spiro atoms. The highest BCUT2D eigenvalue weighted by Gasteiger charge is 2.13. The van der Waals surface area contributed by atoms with Crippen molar-refractivity contribution < 1.29 is 9.72 Å². The molecule has 0 amide bonds. The molecule has 3 rings (SSSR count). The molecule has 2 heterocycles. The zero-order chi connectivity index (χ0) is 16.4. The van der Waals surface area contributed by atoms with Crippen LogP contribution in [0.25, 0.3) is 11.2 Å². The molecular formula is C15H13N5O3. The van der Waals surface area contributed by atoms with E-state index in [0.717, 1.165) is 0 Å². The molecule has 0 aliphatic carbocycles. The van der Waals surface area contributed by atoms with E-state index in [9.17, 15) is 14.9 Å². The summed E-state index contributed by atoms with van der Waals surface area (Å²) < 4.78 is 1.68. The number of Topliss-reactive ketones (excluding diaryl/α,β-unsaturated/α-hetero) is 1. The summed E-state index contributed by atoms with van der Waals surface area (Å²) in [5.41, 5.74) is 1.91. The molecule has 0 aliphatic heterocycles. The van der Waals surface area contributed by atoms with Crippen LogP contribution < -0.4 is 5.32 Å². The Bertz CT molecular complexity index is 886. The zero-order valence-corrected chi connectivity index (χ0v) is 12.3. The highest BCUT2D eigenvalue weighted by molar-refractivity contribution is 5.81. The summed E-state index contributed by atoms with van der Waals surface area (Å²) in [5, 5.41) is 13.8. The van der Waals surface area contributed by atoms with Gasteiger partial charge in [0.25, 0.3) is 5.69 Å². The standard InChI is InChI=1S/C15H13N5O3/c1-10(21)9-19-14-13(3-2-8-16-14)18-15(19)17-11-4-6-12(7-5-11)20(22)23/h2-8H,9H2,1H3,(H,17,18). The maximum Gasteiger partial charge on any atom is 0.269 e. The van der Waals surface area contributed by atoms with Gasteiger partial charge in [0.15, 0.2) is 5.65 Å².